The minimum Gasteiger partial charge on any atom is -0.473 e. The molecule has 23 heavy (non-hydrogen) atoms. The molecule has 0 saturated heterocycles. The molecule has 0 aromatic heterocycles. The normalized spacial score (nSPS) is 10.3. The van der Waals surface area contributed by atoms with Crippen LogP contribution in [0.2, 0.25) is 5.02 Å². The number of aryl methyl sites for hydroxylation is 4. The molecule has 0 fully saturated rings. The van der Waals surface area contributed by atoms with Gasteiger partial charge in [0.1, 0.15) is 5.75 Å². The standard InChI is InChI=1S/C18H21ClN2O2/c1-11-5-6-15(7-12(11)2)21-18(22)20-10-23-16-8-13(3)17(19)14(4)9-16/h5-9H,10H2,1-4H3,(H2,20,21,22). The van der Waals surface area contributed by atoms with Gasteiger partial charge in [0, 0.05) is 10.7 Å². The lowest BCUT2D eigenvalue weighted by Crippen LogP contribution is -2.32. The van der Waals surface area contributed by atoms with Crippen LogP contribution in [0.3, 0.4) is 0 Å². The van der Waals surface area contributed by atoms with Gasteiger partial charge in [-0.25, -0.2) is 4.79 Å². The first-order valence-electron chi connectivity index (χ1n) is 7.38. The largest absolute Gasteiger partial charge is 0.473 e. The number of rotatable bonds is 4. The Morgan fingerprint density at radius 1 is 1.00 bits per heavy atom. The van der Waals surface area contributed by atoms with Gasteiger partial charge in [-0.05, 0) is 74.2 Å². The first-order valence-corrected chi connectivity index (χ1v) is 7.76. The molecule has 2 aromatic rings. The molecule has 2 rings (SSSR count). The second kappa shape index (κ2) is 7.38. The fourth-order valence-electron chi connectivity index (χ4n) is 2.17. The SMILES string of the molecule is Cc1ccc(NC(=O)NCOc2cc(C)c(Cl)c(C)c2)cc1C. The summed E-state index contributed by atoms with van der Waals surface area (Å²) in [4.78, 5) is 11.9. The molecule has 122 valence electrons. The zero-order valence-corrected chi connectivity index (χ0v) is 14.5. The number of benzene rings is 2. The van der Waals surface area contributed by atoms with Crippen molar-refractivity contribution in [3.8, 4) is 5.75 Å². The molecular formula is C18H21ClN2O2. The van der Waals surface area contributed by atoms with Crippen LogP contribution in [0.1, 0.15) is 22.3 Å². The molecular weight excluding hydrogens is 312 g/mol. The first-order chi connectivity index (χ1) is 10.9. The smallest absolute Gasteiger partial charge is 0.321 e. The Balaban J connectivity index is 1.86. The molecule has 0 aliphatic rings. The van der Waals surface area contributed by atoms with Crippen molar-refractivity contribution in [1.82, 2.24) is 5.32 Å². The number of anilines is 1. The summed E-state index contributed by atoms with van der Waals surface area (Å²) >= 11 is 6.11. The van der Waals surface area contributed by atoms with E-state index in [9.17, 15) is 4.79 Å². The molecule has 5 heteroatoms. The second-order valence-electron chi connectivity index (χ2n) is 5.59. The zero-order valence-electron chi connectivity index (χ0n) is 13.8. The lowest BCUT2D eigenvalue weighted by atomic mass is 10.1. The van der Waals surface area contributed by atoms with E-state index >= 15 is 0 Å². The third-order valence-electron chi connectivity index (χ3n) is 3.65. The summed E-state index contributed by atoms with van der Waals surface area (Å²) in [7, 11) is 0. The summed E-state index contributed by atoms with van der Waals surface area (Å²) in [5.41, 5.74) is 4.96. The molecule has 0 saturated carbocycles. The van der Waals surface area contributed by atoms with E-state index in [4.69, 9.17) is 16.3 Å². The molecule has 0 heterocycles. The van der Waals surface area contributed by atoms with Gasteiger partial charge in [-0.15, -0.1) is 0 Å². The Labute approximate surface area is 141 Å². The van der Waals surface area contributed by atoms with Gasteiger partial charge in [0.05, 0.1) is 0 Å². The highest BCUT2D eigenvalue weighted by Gasteiger charge is 2.05. The Hall–Kier alpha value is -2.20. The van der Waals surface area contributed by atoms with Gasteiger partial charge in [0.25, 0.3) is 0 Å². The Bertz CT molecular complexity index is 706. The minimum atomic E-state index is -0.310. The predicted molar refractivity (Wildman–Crippen MR) is 94.5 cm³/mol. The maximum absolute atomic E-state index is 11.9. The number of nitrogens with one attached hydrogen (secondary N) is 2. The maximum Gasteiger partial charge on any atom is 0.321 e. The Morgan fingerprint density at radius 2 is 1.65 bits per heavy atom. The highest BCUT2D eigenvalue weighted by Crippen LogP contribution is 2.25. The molecule has 0 spiro atoms. The van der Waals surface area contributed by atoms with Crippen molar-refractivity contribution in [3.05, 3.63) is 57.6 Å². The average molecular weight is 333 g/mol. The van der Waals surface area contributed by atoms with Crippen LogP contribution in [0.15, 0.2) is 30.3 Å². The maximum atomic E-state index is 11.9. The predicted octanol–water partition coefficient (Wildman–Crippen LogP) is 4.73. The van der Waals surface area contributed by atoms with Crippen LogP contribution < -0.4 is 15.4 Å². The van der Waals surface area contributed by atoms with Crippen molar-refractivity contribution < 1.29 is 9.53 Å². The number of hydrogen-bond donors (Lipinski definition) is 2. The van der Waals surface area contributed by atoms with E-state index in [0.29, 0.717) is 5.75 Å². The molecule has 0 bridgehead atoms. The van der Waals surface area contributed by atoms with Crippen LogP contribution in [-0.4, -0.2) is 12.8 Å². The molecule has 0 aliphatic heterocycles. The van der Waals surface area contributed by atoms with Crippen molar-refractivity contribution in [2.75, 3.05) is 12.0 Å². The van der Waals surface area contributed by atoms with E-state index < -0.39 is 0 Å². The molecule has 2 N–H and O–H groups in total. The van der Waals surface area contributed by atoms with E-state index in [1.54, 1.807) is 0 Å². The lowest BCUT2D eigenvalue weighted by molar-refractivity contribution is 0.234. The van der Waals surface area contributed by atoms with Gasteiger partial charge in [-0.3, -0.25) is 0 Å². The van der Waals surface area contributed by atoms with Crippen LogP contribution in [-0.2, 0) is 0 Å². The molecule has 2 amide bonds. The highest BCUT2D eigenvalue weighted by atomic mass is 35.5. The number of amides is 2. The quantitative estimate of drug-likeness (QED) is 0.795. The van der Waals surface area contributed by atoms with Crippen molar-refractivity contribution in [3.63, 3.8) is 0 Å². The Morgan fingerprint density at radius 3 is 2.26 bits per heavy atom. The summed E-state index contributed by atoms with van der Waals surface area (Å²) in [6.07, 6.45) is 0. The van der Waals surface area contributed by atoms with Gasteiger partial charge >= 0.3 is 6.03 Å². The van der Waals surface area contributed by atoms with Crippen LogP contribution in [0.4, 0.5) is 10.5 Å². The number of hydrogen-bond acceptors (Lipinski definition) is 2. The van der Waals surface area contributed by atoms with E-state index in [1.165, 1.54) is 5.56 Å². The van der Waals surface area contributed by atoms with Crippen LogP contribution in [0.5, 0.6) is 5.75 Å². The molecule has 4 nitrogen and oxygen atoms in total. The molecule has 0 atom stereocenters. The summed E-state index contributed by atoms with van der Waals surface area (Å²) in [6, 6.07) is 9.16. The first kappa shape index (κ1) is 17.2. The number of carbonyl (C=O) groups excluding carboxylic acids is 1. The van der Waals surface area contributed by atoms with Gasteiger partial charge in [-0.2, -0.15) is 0 Å². The molecule has 0 aliphatic carbocycles. The third-order valence-corrected chi connectivity index (χ3v) is 4.24. The van der Waals surface area contributed by atoms with E-state index in [-0.39, 0.29) is 12.8 Å². The van der Waals surface area contributed by atoms with Gasteiger partial charge in [-0.1, -0.05) is 17.7 Å². The van der Waals surface area contributed by atoms with Crippen LogP contribution in [0.25, 0.3) is 0 Å². The van der Waals surface area contributed by atoms with Crippen LogP contribution in [0, 0.1) is 27.7 Å². The van der Waals surface area contributed by atoms with Crippen molar-refractivity contribution in [2.24, 2.45) is 0 Å². The molecule has 2 aromatic carbocycles. The number of urea groups is 1. The molecule has 0 unspecified atom stereocenters. The third kappa shape index (κ3) is 4.63. The Kier molecular flexibility index (Phi) is 5.50. The zero-order chi connectivity index (χ0) is 17.0. The van der Waals surface area contributed by atoms with Gasteiger partial charge in [0.2, 0.25) is 0 Å². The van der Waals surface area contributed by atoms with Crippen molar-refractivity contribution in [1.29, 1.82) is 0 Å². The van der Waals surface area contributed by atoms with Gasteiger partial charge in [0.15, 0.2) is 6.73 Å². The topological polar surface area (TPSA) is 50.4 Å². The van der Waals surface area contributed by atoms with Crippen molar-refractivity contribution >= 4 is 23.3 Å². The fourth-order valence-corrected chi connectivity index (χ4v) is 2.28. The highest BCUT2D eigenvalue weighted by molar-refractivity contribution is 6.32. The van der Waals surface area contributed by atoms with Gasteiger partial charge < -0.3 is 15.4 Å². The summed E-state index contributed by atoms with van der Waals surface area (Å²) in [5.74, 6) is 0.677. The number of halogens is 1. The van der Waals surface area contributed by atoms with E-state index in [0.717, 1.165) is 27.4 Å². The molecule has 0 radical (unpaired) electrons. The summed E-state index contributed by atoms with van der Waals surface area (Å²) in [5, 5.41) is 6.17. The summed E-state index contributed by atoms with van der Waals surface area (Å²) < 4.78 is 5.54. The monoisotopic (exact) mass is 332 g/mol. The van der Waals surface area contributed by atoms with Crippen LogP contribution >= 0.6 is 11.6 Å². The second-order valence-corrected chi connectivity index (χ2v) is 5.97. The summed E-state index contributed by atoms with van der Waals surface area (Å²) in [6.45, 7) is 7.96. The average Bonchev–Trinajstić information content (AvgIpc) is 2.48. The minimum absolute atomic E-state index is 0.0805. The fraction of sp³-hybridized carbons (Fsp3) is 0.278. The van der Waals surface area contributed by atoms with E-state index in [1.807, 2.05) is 58.0 Å². The van der Waals surface area contributed by atoms with Crippen molar-refractivity contribution in [2.45, 2.75) is 27.7 Å². The lowest BCUT2D eigenvalue weighted by Gasteiger charge is -2.12. The number of carbonyl (C=O) groups is 1. The number of ether oxygens (including phenoxy) is 1. The van der Waals surface area contributed by atoms with E-state index in [2.05, 4.69) is 10.6 Å².